The fraction of sp³-hybridized carbons (Fsp3) is 0. The molecule has 1 heterocycles. The minimum Gasteiger partial charge on any atom is -0.466 e. The van der Waals surface area contributed by atoms with Gasteiger partial charge < -0.3 is 9.47 Å². The zero-order chi connectivity index (χ0) is 4.24. The molecule has 0 amide bonds. The smallest absolute Gasteiger partial charge is 0.125 e. The molecule has 0 fully saturated rings. The van der Waals surface area contributed by atoms with Crippen molar-refractivity contribution < 1.29 is 9.47 Å². The van der Waals surface area contributed by atoms with Crippen molar-refractivity contribution >= 4 is 11.0 Å². The zero-order valence-corrected chi connectivity index (χ0v) is 4.63. The molecule has 0 spiro atoms. The Morgan fingerprint density at radius 3 is 1.14 bits per heavy atom. The summed E-state index contributed by atoms with van der Waals surface area (Å²) in [6.45, 7) is 0. The highest BCUT2D eigenvalue weighted by Crippen LogP contribution is 1.89. The van der Waals surface area contributed by atoms with Gasteiger partial charge in [0.25, 0.3) is 0 Å². The number of hydrogen-bond donors (Lipinski definition) is 0. The third-order valence-electron chi connectivity index (χ3n) is 0.425. The van der Waals surface area contributed by atoms with Crippen molar-refractivity contribution in [1.29, 1.82) is 0 Å². The van der Waals surface area contributed by atoms with E-state index in [0.29, 0.717) is 0 Å². The van der Waals surface area contributed by atoms with Gasteiger partial charge in [-0.2, -0.15) is 0 Å². The van der Waals surface area contributed by atoms with Gasteiger partial charge in [0.05, 0.1) is 0 Å². The predicted octanol–water partition coefficient (Wildman–Crippen LogP) is 0.595. The Kier molecular flexibility index (Phi) is 3.14. The number of rotatable bonds is 0. The first-order valence-electron chi connectivity index (χ1n) is 1.61. The maximum absolute atomic E-state index is 4.58. The summed E-state index contributed by atoms with van der Waals surface area (Å²) < 4.78 is 9.17. The largest absolute Gasteiger partial charge is 0.466 e. The highest BCUT2D eigenvalue weighted by atomic mass is 28.1. The molecular formula is C4H4O2Si. The summed E-state index contributed by atoms with van der Waals surface area (Å²) >= 11 is 0. The Hall–Kier alpha value is -0.703. The topological polar surface area (TPSA) is 18.5 Å². The van der Waals surface area contributed by atoms with Crippen LogP contribution in [0, 0.1) is 0 Å². The molecule has 3 heteroatoms. The molecule has 0 aromatic heterocycles. The Bertz CT molecular complexity index is 67.7. The minimum atomic E-state index is 0. The summed E-state index contributed by atoms with van der Waals surface area (Å²) in [5, 5.41) is 0. The first-order chi connectivity index (χ1) is 3.00. The van der Waals surface area contributed by atoms with Crippen molar-refractivity contribution in [3.8, 4) is 0 Å². The highest BCUT2D eigenvalue weighted by molar-refractivity contribution is 5.75. The Morgan fingerprint density at radius 1 is 0.714 bits per heavy atom. The molecule has 0 aromatic rings. The summed E-state index contributed by atoms with van der Waals surface area (Å²) in [6.07, 6.45) is 5.83. The van der Waals surface area contributed by atoms with Crippen LogP contribution in [0.15, 0.2) is 25.0 Å². The van der Waals surface area contributed by atoms with E-state index < -0.39 is 0 Å². The van der Waals surface area contributed by atoms with E-state index in [4.69, 9.17) is 0 Å². The Balaban J connectivity index is 0.000000360. The summed E-state index contributed by atoms with van der Waals surface area (Å²) in [6, 6.07) is 0. The van der Waals surface area contributed by atoms with Crippen LogP contribution in [-0.2, 0) is 9.47 Å². The highest BCUT2D eigenvalue weighted by Gasteiger charge is 1.74. The third-order valence-corrected chi connectivity index (χ3v) is 0.425. The predicted molar refractivity (Wildman–Crippen MR) is 26.2 cm³/mol. The summed E-state index contributed by atoms with van der Waals surface area (Å²) in [5.41, 5.74) is 0. The Labute approximate surface area is 46.4 Å². The van der Waals surface area contributed by atoms with Crippen LogP contribution in [0.2, 0.25) is 0 Å². The summed E-state index contributed by atoms with van der Waals surface area (Å²) in [4.78, 5) is 0. The monoisotopic (exact) mass is 112 g/mol. The van der Waals surface area contributed by atoms with Gasteiger partial charge in [0.2, 0.25) is 0 Å². The zero-order valence-electron chi connectivity index (χ0n) is 3.63. The minimum absolute atomic E-state index is 0. The molecule has 2 nitrogen and oxygen atoms in total. The van der Waals surface area contributed by atoms with E-state index in [0.717, 1.165) is 0 Å². The standard InChI is InChI=1S/C4H4O2.Si/c1-2-6-4-3-5-1;/h1-4H;. The fourth-order valence-corrected chi connectivity index (χ4v) is 0.219. The Morgan fingerprint density at radius 2 is 1.00 bits per heavy atom. The second kappa shape index (κ2) is 3.49. The van der Waals surface area contributed by atoms with Gasteiger partial charge in [0, 0.05) is 11.0 Å². The molecule has 0 N–H and O–H groups in total. The lowest BCUT2D eigenvalue weighted by molar-refractivity contribution is 0.290. The molecule has 7 heavy (non-hydrogen) atoms. The molecule has 0 aromatic carbocycles. The lowest BCUT2D eigenvalue weighted by atomic mass is 10.9. The number of hydrogen-bond acceptors (Lipinski definition) is 2. The van der Waals surface area contributed by atoms with Gasteiger partial charge in [0.1, 0.15) is 25.0 Å². The summed E-state index contributed by atoms with van der Waals surface area (Å²) in [7, 11) is 0. The quantitative estimate of drug-likeness (QED) is 0.427. The van der Waals surface area contributed by atoms with Crippen LogP contribution in [0.5, 0.6) is 0 Å². The fourth-order valence-electron chi connectivity index (χ4n) is 0.219. The van der Waals surface area contributed by atoms with Gasteiger partial charge in [-0.3, -0.25) is 0 Å². The van der Waals surface area contributed by atoms with Gasteiger partial charge >= 0.3 is 0 Å². The van der Waals surface area contributed by atoms with Crippen LogP contribution in [0.25, 0.3) is 0 Å². The van der Waals surface area contributed by atoms with Gasteiger partial charge in [-0.15, -0.1) is 0 Å². The molecule has 0 atom stereocenters. The molecule has 0 unspecified atom stereocenters. The van der Waals surface area contributed by atoms with E-state index in [-0.39, 0.29) is 11.0 Å². The van der Waals surface area contributed by atoms with Crippen LogP contribution < -0.4 is 0 Å². The molecule has 4 radical (unpaired) electrons. The molecule has 1 aliphatic heterocycles. The molecule has 1 rings (SSSR count). The van der Waals surface area contributed by atoms with Crippen molar-refractivity contribution in [2.45, 2.75) is 0 Å². The van der Waals surface area contributed by atoms with E-state index in [2.05, 4.69) is 9.47 Å². The van der Waals surface area contributed by atoms with E-state index in [1.807, 2.05) is 0 Å². The molecule has 0 saturated heterocycles. The van der Waals surface area contributed by atoms with Crippen molar-refractivity contribution in [3.63, 3.8) is 0 Å². The molecule has 0 bridgehead atoms. The van der Waals surface area contributed by atoms with Gasteiger partial charge in [0.15, 0.2) is 0 Å². The van der Waals surface area contributed by atoms with Crippen molar-refractivity contribution in [2.75, 3.05) is 0 Å². The lowest BCUT2D eigenvalue weighted by Crippen LogP contribution is -1.74. The first-order valence-corrected chi connectivity index (χ1v) is 1.61. The van der Waals surface area contributed by atoms with Gasteiger partial charge in [-0.05, 0) is 0 Å². The van der Waals surface area contributed by atoms with Crippen LogP contribution in [0.4, 0.5) is 0 Å². The third kappa shape index (κ3) is 2.05. The molecule has 0 saturated carbocycles. The molecule has 0 aliphatic carbocycles. The number of ether oxygens (including phenoxy) is 2. The first kappa shape index (κ1) is 6.30. The van der Waals surface area contributed by atoms with Crippen molar-refractivity contribution in [3.05, 3.63) is 25.0 Å². The average molecular weight is 112 g/mol. The van der Waals surface area contributed by atoms with E-state index in [9.17, 15) is 0 Å². The van der Waals surface area contributed by atoms with Crippen molar-refractivity contribution in [2.24, 2.45) is 0 Å². The normalized spacial score (nSPS) is 13.7. The van der Waals surface area contributed by atoms with E-state index in [1.165, 1.54) is 25.0 Å². The SMILES string of the molecule is C1=COC=CO1.[Si]. The van der Waals surface area contributed by atoms with Crippen LogP contribution in [-0.4, -0.2) is 11.0 Å². The second-order valence-corrected chi connectivity index (χ2v) is 0.816. The average Bonchev–Trinajstić information content (AvgIpc) is 1.72. The maximum atomic E-state index is 4.58. The van der Waals surface area contributed by atoms with Crippen LogP contribution in [0.1, 0.15) is 0 Å². The van der Waals surface area contributed by atoms with Crippen LogP contribution >= 0.6 is 0 Å². The lowest BCUT2D eigenvalue weighted by Gasteiger charge is -1.94. The van der Waals surface area contributed by atoms with Gasteiger partial charge in [-0.1, -0.05) is 0 Å². The molecular weight excluding hydrogens is 108 g/mol. The maximum Gasteiger partial charge on any atom is 0.125 e. The summed E-state index contributed by atoms with van der Waals surface area (Å²) in [5.74, 6) is 0. The van der Waals surface area contributed by atoms with Gasteiger partial charge in [-0.25, -0.2) is 0 Å². The molecule has 1 aliphatic rings. The van der Waals surface area contributed by atoms with E-state index in [1.54, 1.807) is 0 Å². The molecule has 36 valence electrons. The van der Waals surface area contributed by atoms with E-state index >= 15 is 0 Å². The van der Waals surface area contributed by atoms with Crippen LogP contribution in [0.3, 0.4) is 0 Å². The van der Waals surface area contributed by atoms with Crippen molar-refractivity contribution in [1.82, 2.24) is 0 Å². The second-order valence-electron chi connectivity index (χ2n) is 0.816.